The number of amides is 1. The van der Waals surface area contributed by atoms with Gasteiger partial charge in [0.15, 0.2) is 4.34 Å². The number of aromatic nitrogens is 3. The molecule has 2 aromatic rings. The molecule has 0 aliphatic rings. The summed E-state index contributed by atoms with van der Waals surface area (Å²) in [6, 6.07) is 0. The second kappa shape index (κ2) is 6.44. The van der Waals surface area contributed by atoms with Crippen LogP contribution < -0.4 is 5.32 Å². The van der Waals surface area contributed by atoms with Crippen LogP contribution in [0, 0.1) is 13.8 Å². The number of hydrogen-bond donors (Lipinski definition) is 1. The van der Waals surface area contributed by atoms with Crippen LogP contribution in [0.3, 0.4) is 0 Å². The van der Waals surface area contributed by atoms with Crippen LogP contribution >= 0.6 is 34.4 Å². The Balaban J connectivity index is 2.02. The SMILES string of the molecule is CCCSc1nnc(NC(=O)c2sc(C)nc2C)s1. The summed E-state index contributed by atoms with van der Waals surface area (Å²) in [4.78, 5) is 16.9. The first-order valence-electron chi connectivity index (χ1n) is 5.81. The summed E-state index contributed by atoms with van der Waals surface area (Å²) in [5.41, 5.74) is 0.755. The van der Waals surface area contributed by atoms with Gasteiger partial charge in [-0.3, -0.25) is 10.1 Å². The molecule has 2 aromatic heterocycles. The summed E-state index contributed by atoms with van der Waals surface area (Å²) < 4.78 is 0.884. The predicted molar refractivity (Wildman–Crippen MR) is 80.5 cm³/mol. The molecule has 1 N–H and O–H groups in total. The van der Waals surface area contributed by atoms with Gasteiger partial charge >= 0.3 is 0 Å². The van der Waals surface area contributed by atoms with Gasteiger partial charge in [-0.25, -0.2) is 4.98 Å². The standard InChI is InChI=1S/C11H14N4OS3/c1-4-5-17-11-15-14-10(19-11)13-9(16)8-6(2)12-7(3)18-8/h4-5H2,1-3H3,(H,13,14,16). The van der Waals surface area contributed by atoms with E-state index in [9.17, 15) is 4.79 Å². The number of thioether (sulfide) groups is 1. The molecule has 0 aliphatic heterocycles. The molecule has 0 saturated carbocycles. The van der Waals surface area contributed by atoms with Gasteiger partial charge in [-0.2, -0.15) is 0 Å². The highest BCUT2D eigenvalue weighted by molar-refractivity contribution is 8.01. The maximum atomic E-state index is 12.1. The molecule has 0 unspecified atom stereocenters. The fourth-order valence-corrected chi connectivity index (χ4v) is 3.89. The van der Waals surface area contributed by atoms with Gasteiger partial charge in [-0.15, -0.1) is 21.5 Å². The number of anilines is 1. The van der Waals surface area contributed by atoms with Crippen molar-refractivity contribution in [2.75, 3.05) is 11.1 Å². The average molecular weight is 314 g/mol. The van der Waals surface area contributed by atoms with E-state index in [1.165, 1.54) is 22.7 Å². The predicted octanol–water partition coefficient (Wildman–Crippen LogP) is 3.37. The normalized spacial score (nSPS) is 10.7. The summed E-state index contributed by atoms with van der Waals surface area (Å²) in [5, 5.41) is 12.2. The maximum absolute atomic E-state index is 12.1. The van der Waals surface area contributed by atoms with Crippen molar-refractivity contribution >= 4 is 45.5 Å². The van der Waals surface area contributed by atoms with Crippen LogP contribution in [0.2, 0.25) is 0 Å². The lowest BCUT2D eigenvalue weighted by Crippen LogP contribution is -2.11. The highest BCUT2D eigenvalue weighted by atomic mass is 32.2. The van der Waals surface area contributed by atoms with Crippen LogP contribution in [-0.4, -0.2) is 26.8 Å². The van der Waals surface area contributed by atoms with Crippen molar-refractivity contribution in [1.29, 1.82) is 0 Å². The van der Waals surface area contributed by atoms with Crippen molar-refractivity contribution in [2.24, 2.45) is 0 Å². The highest BCUT2D eigenvalue weighted by Crippen LogP contribution is 2.27. The van der Waals surface area contributed by atoms with Crippen molar-refractivity contribution in [3.05, 3.63) is 15.6 Å². The maximum Gasteiger partial charge on any atom is 0.269 e. The molecule has 8 heteroatoms. The number of carbonyl (C=O) groups excluding carboxylic acids is 1. The van der Waals surface area contributed by atoms with E-state index in [0.717, 1.165) is 27.2 Å². The smallest absolute Gasteiger partial charge is 0.269 e. The molecular formula is C11H14N4OS3. The van der Waals surface area contributed by atoms with Gasteiger partial charge in [0, 0.05) is 5.75 Å². The van der Waals surface area contributed by atoms with Crippen molar-refractivity contribution < 1.29 is 4.79 Å². The molecule has 0 radical (unpaired) electrons. The van der Waals surface area contributed by atoms with Crippen LogP contribution in [0.25, 0.3) is 0 Å². The molecule has 1 amide bonds. The molecule has 5 nitrogen and oxygen atoms in total. The number of carbonyl (C=O) groups is 1. The molecule has 0 saturated heterocycles. The van der Waals surface area contributed by atoms with Crippen molar-refractivity contribution in [3.63, 3.8) is 0 Å². The van der Waals surface area contributed by atoms with E-state index in [0.29, 0.717) is 10.0 Å². The lowest BCUT2D eigenvalue weighted by Gasteiger charge is -1.97. The molecule has 0 spiro atoms. The molecule has 19 heavy (non-hydrogen) atoms. The van der Waals surface area contributed by atoms with E-state index >= 15 is 0 Å². The molecule has 0 atom stereocenters. The minimum atomic E-state index is -0.161. The van der Waals surface area contributed by atoms with Gasteiger partial charge in [0.25, 0.3) is 5.91 Å². The van der Waals surface area contributed by atoms with Crippen molar-refractivity contribution in [2.45, 2.75) is 31.5 Å². The van der Waals surface area contributed by atoms with Crippen LogP contribution in [0.4, 0.5) is 5.13 Å². The second-order valence-corrected chi connectivity index (χ2v) is 7.35. The Labute approximate surface area is 123 Å². The van der Waals surface area contributed by atoms with E-state index in [1.807, 2.05) is 13.8 Å². The van der Waals surface area contributed by atoms with Gasteiger partial charge in [0.05, 0.1) is 10.7 Å². The number of rotatable bonds is 5. The van der Waals surface area contributed by atoms with Crippen LogP contribution in [0.5, 0.6) is 0 Å². The molecule has 0 bridgehead atoms. The zero-order chi connectivity index (χ0) is 13.8. The minimum Gasteiger partial charge on any atom is -0.296 e. The minimum absolute atomic E-state index is 0.161. The van der Waals surface area contributed by atoms with E-state index in [4.69, 9.17) is 0 Å². The summed E-state index contributed by atoms with van der Waals surface area (Å²) in [7, 11) is 0. The summed E-state index contributed by atoms with van der Waals surface area (Å²) in [6.45, 7) is 5.84. The molecule has 0 fully saturated rings. The lowest BCUT2D eigenvalue weighted by atomic mass is 10.4. The number of aryl methyl sites for hydroxylation is 2. The summed E-state index contributed by atoms with van der Waals surface area (Å²) >= 11 is 4.45. The number of hydrogen-bond acceptors (Lipinski definition) is 7. The molecular weight excluding hydrogens is 300 g/mol. The zero-order valence-electron chi connectivity index (χ0n) is 10.9. The lowest BCUT2D eigenvalue weighted by molar-refractivity contribution is 0.102. The molecule has 102 valence electrons. The average Bonchev–Trinajstić information content (AvgIpc) is 2.93. The van der Waals surface area contributed by atoms with Gasteiger partial charge in [0.2, 0.25) is 5.13 Å². The fraction of sp³-hybridized carbons (Fsp3) is 0.455. The molecule has 2 heterocycles. The second-order valence-electron chi connectivity index (χ2n) is 3.82. The van der Waals surface area contributed by atoms with Crippen LogP contribution in [-0.2, 0) is 0 Å². The third-order valence-electron chi connectivity index (χ3n) is 2.17. The first-order chi connectivity index (χ1) is 9.10. The van der Waals surface area contributed by atoms with Crippen molar-refractivity contribution in [1.82, 2.24) is 15.2 Å². The number of nitrogens with one attached hydrogen (secondary N) is 1. The highest BCUT2D eigenvalue weighted by Gasteiger charge is 2.15. The quantitative estimate of drug-likeness (QED) is 0.677. The van der Waals surface area contributed by atoms with Crippen LogP contribution in [0.15, 0.2) is 4.34 Å². The molecule has 2 rings (SSSR count). The largest absolute Gasteiger partial charge is 0.296 e. The number of nitrogens with zero attached hydrogens (tertiary/aromatic N) is 3. The first kappa shape index (κ1) is 14.4. The first-order valence-corrected chi connectivity index (χ1v) is 8.43. The van der Waals surface area contributed by atoms with Gasteiger partial charge in [-0.05, 0) is 20.3 Å². The van der Waals surface area contributed by atoms with Crippen LogP contribution in [0.1, 0.15) is 33.7 Å². The third-order valence-corrected chi connectivity index (χ3v) is 5.42. The fourth-order valence-electron chi connectivity index (χ4n) is 1.40. The van der Waals surface area contributed by atoms with E-state index in [1.54, 1.807) is 11.8 Å². The summed E-state index contributed by atoms with van der Waals surface area (Å²) in [5.74, 6) is 0.849. The molecule has 0 aromatic carbocycles. The van der Waals surface area contributed by atoms with Gasteiger partial charge < -0.3 is 0 Å². The van der Waals surface area contributed by atoms with E-state index in [2.05, 4.69) is 27.4 Å². The Kier molecular flexibility index (Phi) is 4.89. The van der Waals surface area contributed by atoms with E-state index in [-0.39, 0.29) is 5.91 Å². The Morgan fingerprint density at radius 2 is 2.11 bits per heavy atom. The topological polar surface area (TPSA) is 67.8 Å². The third kappa shape index (κ3) is 3.74. The Bertz CT molecular complexity index is 578. The van der Waals surface area contributed by atoms with Gasteiger partial charge in [0.1, 0.15) is 4.88 Å². The summed E-state index contributed by atoms with van der Waals surface area (Å²) in [6.07, 6.45) is 1.09. The Hall–Kier alpha value is -0.990. The zero-order valence-corrected chi connectivity index (χ0v) is 13.3. The van der Waals surface area contributed by atoms with Gasteiger partial charge in [-0.1, -0.05) is 30.0 Å². The number of thiazole rings is 1. The Morgan fingerprint density at radius 3 is 2.74 bits per heavy atom. The molecule has 0 aliphatic carbocycles. The van der Waals surface area contributed by atoms with E-state index < -0.39 is 0 Å². The van der Waals surface area contributed by atoms with Crippen molar-refractivity contribution in [3.8, 4) is 0 Å². The Morgan fingerprint density at radius 1 is 1.32 bits per heavy atom. The monoisotopic (exact) mass is 314 g/mol.